The number of hydrogen-bond donors (Lipinski definition) is 2. The highest BCUT2D eigenvalue weighted by Gasteiger charge is 2.22. The predicted octanol–water partition coefficient (Wildman–Crippen LogP) is 1.78. The van der Waals surface area contributed by atoms with E-state index in [0.717, 1.165) is 25.8 Å². The van der Waals surface area contributed by atoms with Crippen LogP contribution in [0.3, 0.4) is 0 Å². The highest BCUT2D eigenvalue weighted by Crippen LogP contribution is 2.18. The van der Waals surface area contributed by atoms with Gasteiger partial charge in [-0.25, -0.2) is 0 Å². The third-order valence-electron chi connectivity index (χ3n) is 3.43. The van der Waals surface area contributed by atoms with Gasteiger partial charge < -0.3 is 10.4 Å². The molecule has 1 aliphatic rings. The van der Waals surface area contributed by atoms with Crippen LogP contribution >= 0.6 is 0 Å². The van der Waals surface area contributed by atoms with Gasteiger partial charge >= 0.3 is 0 Å². The molecule has 1 heterocycles. The smallest absolute Gasteiger partial charge is 0.0693 e. The molecule has 2 rings (SSSR count). The quantitative estimate of drug-likeness (QED) is 0.816. The molecule has 0 aromatic carbocycles. The molecule has 1 aromatic heterocycles. The van der Waals surface area contributed by atoms with Crippen molar-refractivity contribution in [3.05, 3.63) is 29.6 Å². The van der Waals surface area contributed by atoms with Crippen molar-refractivity contribution in [2.75, 3.05) is 0 Å². The Labute approximate surface area is 96.9 Å². The Bertz CT molecular complexity index is 340. The van der Waals surface area contributed by atoms with E-state index in [1.807, 2.05) is 18.5 Å². The molecule has 16 heavy (non-hydrogen) atoms. The van der Waals surface area contributed by atoms with Crippen LogP contribution < -0.4 is 5.32 Å². The molecule has 2 N–H and O–H groups in total. The Kier molecular flexibility index (Phi) is 3.91. The zero-order valence-electron chi connectivity index (χ0n) is 9.82. The molecule has 1 saturated carbocycles. The second kappa shape index (κ2) is 5.41. The van der Waals surface area contributed by atoms with Crippen molar-refractivity contribution in [1.29, 1.82) is 0 Å². The minimum atomic E-state index is -0.175. The molecular weight excluding hydrogens is 200 g/mol. The number of aliphatic hydroxyl groups excluding tert-OH is 1. The van der Waals surface area contributed by atoms with Crippen molar-refractivity contribution in [3.8, 4) is 0 Å². The van der Waals surface area contributed by atoms with Crippen LogP contribution in [0.1, 0.15) is 36.8 Å². The van der Waals surface area contributed by atoms with E-state index >= 15 is 0 Å². The lowest BCUT2D eigenvalue weighted by atomic mass is 9.92. The lowest BCUT2D eigenvalue weighted by Crippen LogP contribution is -2.41. The zero-order valence-corrected chi connectivity index (χ0v) is 9.82. The maximum Gasteiger partial charge on any atom is 0.0693 e. The van der Waals surface area contributed by atoms with Crippen molar-refractivity contribution < 1.29 is 5.11 Å². The number of aryl methyl sites for hydroxylation is 1. The van der Waals surface area contributed by atoms with Crippen LogP contribution in [0, 0.1) is 6.92 Å². The van der Waals surface area contributed by atoms with E-state index in [1.165, 1.54) is 17.5 Å². The molecule has 3 heteroatoms. The van der Waals surface area contributed by atoms with Gasteiger partial charge in [-0.3, -0.25) is 4.98 Å². The van der Waals surface area contributed by atoms with Gasteiger partial charge in [0.15, 0.2) is 0 Å². The topological polar surface area (TPSA) is 45.2 Å². The third-order valence-corrected chi connectivity index (χ3v) is 3.43. The summed E-state index contributed by atoms with van der Waals surface area (Å²) >= 11 is 0. The molecule has 3 nitrogen and oxygen atoms in total. The number of nitrogens with one attached hydrogen (secondary N) is 1. The van der Waals surface area contributed by atoms with Gasteiger partial charge in [0.25, 0.3) is 0 Å². The molecule has 0 unspecified atom stereocenters. The van der Waals surface area contributed by atoms with Gasteiger partial charge in [0, 0.05) is 25.0 Å². The molecule has 0 bridgehead atoms. The summed E-state index contributed by atoms with van der Waals surface area (Å²) in [5.74, 6) is 0. The average molecular weight is 220 g/mol. The Morgan fingerprint density at radius 2 is 2.25 bits per heavy atom. The first-order chi connectivity index (χ1) is 7.77. The van der Waals surface area contributed by atoms with Crippen molar-refractivity contribution in [3.63, 3.8) is 0 Å². The second-order valence-corrected chi connectivity index (χ2v) is 4.64. The molecule has 1 fully saturated rings. The van der Waals surface area contributed by atoms with E-state index in [2.05, 4.69) is 17.2 Å². The normalized spacial score (nSPS) is 25.6. The Morgan fingerprint density at radius 1 is 1.44 bits per heavy atom. The van der Waals surface area contributed by atoms with E-state index in [1.54, 1.807) is 0 Å². The maximum absolute atomic E-state index is 9.84. The Balaban J connectivity index is 1.89. The first kappa shape index (κ1) is 11.6. The van der Waals surface area contributed by atoms with Crippen LogP contribution in [0.15, 0.2) is 18.5 Å². The summed E-state index contributed by atoms with van der Waals surface area (Å²) in [6.45, 7) is 2.90. The fourth-order valence-electron chi connectivity index (χ4n) is 2.27. The minimum Gasteiger partial charge on any atom is -0.392 e. The molecule has 0 saturated heterocycles. The van der Waals surface area contributed by atoms with Crippen LogP contribution in [-0.4, -0.2) is 22.2 Å². The summed E-state index contributed by atoms with van der Waals surface area (Å²) in [5.41, 5.74) is 2.48. The first-order valence-electron chi connectivity index (χ1n) is 6.08. The summed E-state index contributed by atoms with van der Waals surface area (Å²) in [6.07, 6.45) is 7.94. The van der Waals surface area contributed by atoms with Gasteiger partial charge in [-0.1, -0.05) is 12.8 Å². The number of aliphatic hydroxyl groups is 1. The molecule has 1 aromatic rings. The van der Waals surface area contributed by atoms with E-state index in [4.69, 9.17) is 0 Å². The number of hydrogen-bond acceptors (Lipinski definition) is 3. The lowest BCUT2D eigenvalue weighted by molar-refractivity contribution is 0.0902. The lowest BCUT2D eigenvalue weighted by Gasteiger charge is -2.28. The van der Waals surface area contributed by atoms with E-state index < -0.39 is 0 Å². The molecule has 0 aliphatic heterocycles. The van der Waals surface area contributed by atoms with Crippen LogP contribution in [0.2, 0.25) is 0 Å². The fraction of sp³-hybridized carbons (Fsp3) is 0.615. The van der Waals surface area contributed by atoms with Gasteiger partial charge in [0.1, 0.15) is 0 Å². The summed E-state index contributed by atoms with van der Waals surface area (Å²) in [4.78, 5) is 4.13. The zero-order chi connectivity index (χ0) is 11.4. The molecular formula is C13H20N2O. The molecule has 1 aliphatic carbocycles. The van der Waals surface area contributed by atoms with E-state index in [0.29, 0.717) is 0 Å². The Morgan fingerprint density at radius 3 is 3.00 bits per heavy atom. The molecule has 0 spiro atoms. The van der Waals surface area contributed by atoms with Crippen molar-refractivity contribution in [2.45, 2.75) is 51.3 Å². The van der Waals surface area contributed by atoms with Gasteiger partial charge in [0.05, 0.1) is 6.10 Å². The summed E-state index contributed by atoms with van der Waals surface area (Å²) in [6, 6.07) is 2.28. The van der Waals surface area contributed by atoms with Gasteiger partial charge in [0.2, 0.25) is 0 Å². The number of aromatic nitrogens is 1. The highest BCUT2D eigenvalue weighted by molar-refractivity contribution is 5.21. The molecule has 0 amide bonds. The van der Waals surface area contributed by atoms with Crippen LogP contribution in [0.5, 0.6) is 0 Å². The number of nitrogens with zero attached hydrogens (tertiary/aromatic N) is 1. The van der Waals surface area contributed by atoms with E-state index in [-0.39, 0.29) is 12.1 Å². The third kappa shape index (κ3) is 2.80. The van der Waals surface area contributed by atoms with Crippen LogP contribution in [-0.2, 0) is 6.54 Å². The van der Waals surface area contributed by atoms with Crippen LogP contribution in [0.25, 0.3) is 0 Å². The second-order valence-electron chi connectivity index (χ2n) is 4.64. The van der Waals surface area contributed by atoms with Gasteiger partial charge in [-0.2, -0.15) is 0 Å². The standard InChI is InChI=1S/C13H20N2O/c1-10-6-7-14-8-11(10)9-15-12-4-2-3-5-13(12)16/h6-8,12-13,15-16H,2-5,9H2,1H3/t12-,13-/m1/s1. The van der Waals surface area contributed by atoms with Crippen molar-refractivity contribution in [1.82, 2.24) is 10.3 Å². The van der Waals surface area contributed by atoms with E-state index in [9.17, 15) is 5.11 Å². The average Bonchev–Trinajstić information content (AvgIpc) is 2.30. The Hall–Kier alpha value is -0.930. The predicted molar refractivity (Wildman–Crippen MR) is 64.1 cm³/mol. The number of rotatable bonds is 3. The highest BCUT2D eigenvalue weighted by atomic mass is 16.3. The number of pyridine rings is 1. The van der Waals surface area contributed by atoms with Crippen molar-refractivity contribution in [2.24, 2.45) is 0 Å². The van der Waals surface area contributed by atoms with Gasteiger partial charge in [-0.15, -0.1) is 0 Å². The summed E-state index contributed by atoms with van der Waals surface area (Å²) < 4.78 is 0. The fourth-order valence-corrected chi connectivity index (χ4v) is 2.27. The minimum absolute atomic E-state index is 0.175. The molecule has 2 atom stereocenters. The van der Waals surface area contributed by atoms with Crippen LogP contribution in [0.4, 0.5) is 0 Å². The SMILES string of the molecule is Cc1ccncc1CN[C@@H]1CCCC[C@H]1O. The molecule has 88 valence electrons. The first-order valence-corrected chi connectivity index (χ1v) is 6.08. The van der Waals surface area contributed by atoms with Crippen molar-refractivity contribution >= 4 is 0 Å². The maximum atomic E-state index is 9.84. The summed E-state index contributed by atoms with van der Waals surface area (Å²) in [5, 5.41) is 13.3. The monoisotopic (exact) mass is 220 g/mol. The largest absolute Gasteiger partial charge is 0.392 e. The van der Waals surface area contributed by atoms with Gasteiger partial charge in [-0.05, 0) is 37.0 Å². The molecule has 0 radical (unpaired) electrons. The summed E-state index contributed by atoms with van der Waals surface area (Å²) in [7, 11) is 0.